The van der Waals surface area contributed by atoms with Crippen molar-refractivity contribution < 1.29 is 9.18 Å². The summed E-state index contributed by atoms with van der Waals surface area (Å²) in [6.45, 7) is 1.76. The van der Waals surface area contributed by atoms with E-state index >= 15 is 0 Å². The Balaban J connectivity index is 2.72. The molecule has 3 nitrogen and oxygen atoms in total. The monoisotopic (exact) mass is 218 g/mol. The van der Waals surface area contributed by atoms with Gasteiger partial charge in [0.05, 0.1) is 6.42 Å². The molecule has 0 spiro atoms. The molecule has 0 atom stereocenters. The van der Waals surface area contributed by atoms with Gasteiger partial charge in [0.1, 0.15) is 11.3 Å². The highest BCUT2D eigenvalue weighted by Gasteiger charge is 2.09. The Bertz CT molecular complexity index is 566. The van der Waals surface area contributed by atoms with Crippen LogP contribution in [0.5, 0.6) is 0 Å². The number of pyridine rings is 1. The summed E-state index contributed by atoms with van der Waals surface area (Å²) >= 11 is 0. The first-order valence-corrected chi connectivity index (χ1v) is 4.91. The Morgan fingerprint density at radius 1 is 1.50 bits per heavy atom. The van der Waals surface area contributed by atoms with E-state index in [-0.39, 0.29) is 12.2 Å². The lowest BCUT2D eigenvalue weighted by Gasteiger charge is -2.06. The first-order chi connectivity index (χ1) is 7.58. The molecule has 1 heterocycles. The molecule has 0 fully saturated rings. The number of halogens is 1. The number of amides is 1. The number of hydrogen-bond acceptors (Lipinski definition) is 2. The molecule has 2 aromatic rings. The molecule has 2 N–H and O–H groups in total. The molecule has 1 amide bonds. The second-order valence-corrected chi connectivity index (χ2v) is 3.70. The van der Waals surface area contributed by atoms with Gasteiger partial charge in [0, 0.05) is 11.1 Å². The number of primary amides is 1. The van der Waals surface area contributed by atoms with Crippen molar-refractivity contribution in [2.75, 3.05) is 0 Å². The number of aromatic nitrogens is 1. The topological polar surface area (TPSA) is 56.0 Å². The van der Waals surface area contributed by atoms with Crippen LogP contribution in [0.4, 0.5) is 4.39 Å². The van der Waals surface area contributed by atoms with Crippen LogP contribution in [0.15, 0.2) is 24.3 Å². The minimum atomic E-state index is -0.434. The van der Waals surface area contributed by atoms with Gasteiger partial charge < -0.3 is 5.73 Å². The van der Waals surface area contributed by atoms with Gasteiger partial charge in [0.2, 0.25) is 5.91 Å². The number of rotatable bonds is 2. The number of aryl methyl sites for hydroxylation is 1. The highest BCUT2D eigenvalue weighted by Crippen LogP contribution is 2.21. The van der Waals surface area contributed by atoms with Crippen molar-refractivity contribution in [2.45, 2.75) is 13.3 Å². The maximum absolute atomic E-state index is 13.5. The van der Waals surface area contributed by atoms with Gasteiger partial charge in [-0.15, -0.1) is 0 Å². The summed E-state index contributed by atoms with van der Waals surface area (Å²) in [7, 11) is 0. The van der Waals surface area contributed by atoms with E-state index in [1.54, 1.807) is 25.1 Å². The van der Waals surface area contributed by atoms with Crippen LogP contribution in [0, 0.1) is 12.7 Å². The molecule has 0 bridgehead atoms. The molecule has 0 unspecified atom stereocenters. The molecule has 1 aromatic heterocycles. The Hall–Kier alpha value is -1.97. The van der Waals surface area contributed by atoms with E-state index in [1.807, 2.05) is 0 Å². The number of hydrogen-bond donors (Lipinski definition) is 1. The Morgan fingerprint density at radius 3 is 2.94 bits per heavy atom. The third kappa shape index (κ3) is 1.86. The minimum absolute atomic E-state index is 0.101. The van der Waals surface area contributed by atoms with Crippen LogP contribution in [0.2, 0.25) is 0 Å². The fourth-order valence-corrected chi connectivity index (χ4v) is 1.76. The number of carbonyl (C=O) groups is 1. The van der Waals surface area contributed by atoms with E-state index in [0.717, 1.165) is 5.56 Å². The van der Waals surface area contributed by atoms with Crippen LogP contribution in [-0.2, 0) is 11.2 Å². The number of nitrogens with zero attached hydrogens (tertiary/aromatic N) is 1. The van der Waals surface area contributed by atoms with Crippen molar-refractivity contribution in [1.29, 1.82) is 0 Å². The number of fused-ring (bicyclic) bond motifs is 1. The molecule has 0 saturated carbocycles. The van der Waals surface area contributed by atoms with Crippen molar-refractivity contribution in [3.8, 4) is 0 Å². The number of benzene rings is 1. The Morgan fingerprint density at radius 2 is 2.25 bits per heavy atom. The first-order valence-electron chi connectivity index (χ1n) is 4.91. The second-order valence-electron chi connectivity index (χ2n) is 3.70. The molecule has 0 saturated heterocycles. The molecule has 2 rings (SSSR count). The predicted octanol–water partition coefficient (Wildman–Crippen LogP) is 1.71. The summed E-state index contributed by atoms with van der Waals surface area (Å²) in [5.41, 5.74) is 6.83. The van der Waals surface area contributed by atoms with Gasteiger partial charge in [0.15, 0.2) is 0 Å². The average Bonchev–Trinajstić information content (AvgIpc) is 2.18. The zero-order valence-corrected chi connectivity index (χ0v) is 8.83. The Kier molecular flexibility index (Phi) is 2.56. The summed E-state index contributed by atoms with van der Waals surface area (Å²) in [6.07, 6.45) is 0.101. The number of carbonyl (C=O) groups excluding carboxylic acids is 1. The van der Waals surface area contributed by atoms with Gasteiger partial charge in [-0.3, -0.25) is 9.78 Å². The number of para-hydroxylation sites is 1. The van der Waals surface area contributed by atoms with Crippen molar-refractivity contribution in [2.24, 2.45) is 5.73 Å². The van der Waals surface area contributed by atoms with Crippen molar-refractivity contribution in [1.82, 2.24) is 4.98 Å². The molecule has 16 heavy (non-hydrogen) atoms. The van der Waals surface area contributed by atoms with E-state index in [1.165, 1.54) is 6.07 Å². The van der Waals surface area contributed by atoms with E-state index in [2.05, 4.69) is 4.98 Å². The molecule has 0 aliphatic rings. The predicted molar refractivity (Wildman–Crippen MR) is 59.3 cm³/mol. The smallest absolute Gasteiger partial charge is 0.221 e. The number of nitrogens with two attached hydrogens (primary N) is 1. The molecule has 0 radical (unpaired) electrons. The fraction of sp³-hybridized carbons (Fsp3) is 0.167. The van der Waals surface area contributed by atoms with Gasteiger partial charge in [-0.1, -0.05) is 12.1 Å². The van der Waals surface area contributed by atoms with E-state index < -0.39 is 5.91 Å². The van der Waals surface area contributed by atoms with Crippen LogP contribution >= 0.6 is 0 Å². The van der Waals surface area contributed by atoms with Gasteiger partial charge in [-0.2, -0.15) is 0 Å². The summed E-state index contributed by atoms with van der Waals surface area (Å²) in [6, 6.07) is 6.44. The van der Waals surface area contributed by atoms with Crippen LogP contribution in [0.3, 0.4) is 0 Å². The lowest BCUT2D eigenvalue weighted by atomic mass is 10.0. The van der Waals surface area contributed by atoms with Crippen LogP contribution in [0.25, 0.3) is 10.9 Å². The lowest BCUT2D eigenvalue weighted by Crippen LogP contribution is -2.14. The molecule has 4 heteroatoms. The summed E-state index contributed by atoms with van der Waals surface area (Å²) in [5, 5.41) is 0.643. The summed E-state index contributed by atoms with van der Waals surface area (Å²) in [5.74, 6) is -0.817. The van der Waals surface area contributed by atoms with Gasteiger partial charge in [0.25, 0.3) is 0 Å². The third-order valence-electron chi connectivity index (χ3n) is 2.37. The molecular weight excluding hydrogens is 207 g/mol. The van der Waals surface area contributed by atoms with Crippen molar-refractivity contribution in [3.63, 3.8) is 0 Å². The minimum Gasteiger partial charge on any atom is -0.369 e. The summed E-state index contributed by atoms with van der Waals surface area (Å²) < 4.78 is 13.5. The zero-order chi connectivity index (χ0) is 11.7. The third-order valence-corrected chi connectivity index (χ3v) is 2.37. The molecule has 0 aliphatic carbocycles. The van der Waals surface area contributed by atoms with Gasteiger partial charge in [-0.25, -0.2) is 4.39 Å². The van der Waals surface area contributed by atoms with Gasteiger partial charge >= 0.3 is 0 Å². The van der Waals surface area contributed by atoms with Crippen LogP contribution in [0.1, 0.15) is 11.3 Å². The summed E-state index contributed by atoms with van der Waals surface area (Å²) in [4.78, 5) is 15.0. The standard InChI is InChI=1S/C12H11FN2O/c1-7-5-8(6-11(14)16)9-3-2-4-10(13)12(9)15-7/h2-5H,6H2,1H3,(H2,14,16). The largest absolute Gasteiger partial charge is 0.369 e. The Labute approximate surface area is 92.1 Å². The van der Waals surface area contributed by atoms with Crippen molar-refractivity contribution >= 4 is 16.8 Å². The lowest BCUT2D eigenvalue weighted by molar-refractivity contribution is -0.117. The molecular formula is C12H11FN2O. The zero-order valence-electron chi connectivity index (χ0n) is 8.83. The van der Waals surface area contributed by atoms with Crippen molar-refractivity contribution in [3.05, 3.63) is 41.3 Å². The second kappa shape index (κ2) is 3.89. The van der Waals surface area contributed by atoms with E-state index in [9.17, 15) is 9.18 Å². The molecule has 82 valence electrons. The molecule has 1 aromatic carbocycles. The first kappa shape index (κ1) is 10.5. The normalized spacial score (nSPS) is 10.6. The van der Waals surface area contributed by atoms with E-state index in [0.29, 0.717) is 16.6 Å². The quantitative estimate of drug-likeness (QED) is 0.834. The van der Waals surface area contributed by atoms with E-state index in [4.69, 9.17) is 5.73 Å². The van der Waals surface area contributed by atoms with Crippen LogP contribution in [-0.4, -0.2) is 10.9 Å². The van der Waals surface area contributed by atoms with Gasteiger partial charge in [-0.05, 0) is 24.6 Å². The maximum Gasteiger partial charge on any atom is 0.221 e. The molecule has 0 aliphatic heterocycles. The highest BCUT2D eigenvalue weighted by atomic mass is 19.1. The fourth-order valence-electron chi connectivity index (χ4n) is 1.76. The SMILES string of the molecule is Cc1cc(CC(N)=O)c2cccc(F)c2n1. The maximum atomic E-state index is 13.5. The highest BCUT2D eigenvalue weighted by molar-refractivity contribution is 5.88. The van der Waals surface area contributed by atoms with Crippen LogP contribution < -0.4 is 5.73 Å². The average molecular weight is 218 g/mol.